The molecule has 0 aromatic heterocycles. The zero-order valence-electron chi connectivity index (χ0n) is 12.0. The van der Waals surface area contributed by atoms with Crippen LogP contribution in [-0.4, -0.2) is 59.8 Å². The van der Waals surface area contributed by atoms with Crippen molar-refractivity contribution in [3.63, 3.8) is 0 Å². The minimum absolute atomic E-state index is 0.338. The van der Waals surface area contributed by atoms with Gasteiger partial charge in [-0.15, -0.1) is 0 Å². The van der Waals surface area contributed by atoms with Crippen LogP contribution in [0.2, 0.25) is 0 Å². The number of aliphatic hydroxyl groups is 1. The fourth-order valence-electron chi connectivity index (χ4n) is 2.89. The lowest BCUT2D eigenvalue weighted by Crippen LogP contribution is -2.59. The molecule has 0 aromatic rings. The van der Waals surface area contributed by atoms with E-state index in [-0.39, 0.29) is 6.10 Å². The van der Waals surface area contributed by atoms with Crippen LogP contribution in [-0.2, 0) is 28.5 Å². The highest BCUT2D eigenvalue weighted by molar-refractivity contribution is 5.78. The van der Waals surface area contributed by atoms with Crippen molar-refractivity contribution in [2.24, 2.45) is 0 Å². The lowest BCUT2D eigenvalue weighted by Gasteiger charge is -2.43. The summed E-state index contributed by atoms with van der Waals surface area (Å²) in [5.74, 6) is -2.33. The summed E-state index contributed by atoms with van der Waals surface area (Å²) in [6, 6.07) is 0. The van der Waals surface area contributed by atoms with Crippen molar-refractivity contribution in [2.45, 2.75) is 69.8 Å². The summed E-state index contributed by atoms with van der Waals surface area (Å²) in [4.78, 5) is 11.6. The first-order valence-electron chi connectivity index (χ1n) is 6.74. The van der Waals surface area contributed by atoms with Gasteiger partial charge in [0.1, 0.15) is 18.3 Å². The third-order valence-corrected chi connectivity index (χ3v) is 3.69. The monoisotopic (exact) mass is 288 g/mol. The molecule has 1 N–H and O–H groups in total. The third kappa shape index (κ3) is 2.33. The van der Waals surface area contributed by atoms with Gasteiger partial charge in [-0.1, -0.05) is 0 Å². The molecule has 7 nitrogen and oxygen atoms in total. The smallest absolute Gasteiger partial charge is 0.338 e. The molecule has 0 amide bonds. The van der Waals surface area contributed by atoms with Gasteiger partial charge in [-0.05, 0) is 27.7 Å². The van der Waals surface area contributed by atoms with Gasteiger partial charge in [0.25, 0.3) is 0 Å². The van der Waals surface area contributed by atoms with Crippen LogP contribution in [0.5, 0.6) is 0 Å². The number of aliphatic hydroxyl groups excluding tert-OH is 1. The molecule has 2 unspecified atom stereocenters. The molecule has 0 radical (unpaired) electrons. The summed E-state index contributed by atoms with van der Waals surface area (Å²) in [6.07, 6.45) is -3.64. The van der Waals surface area contributed by atoms with Crippen molar-refractivity contribution in [3.8, 4) is 0 Å². The minimum Gasteiger partial charge on any atom is -0.455 e. The zero-order valence-corrected chi connectivity index (χ0v) is 12.0. The number of hydrogen-bond donors (Lipinski definition) is 1. The Hall–Kier alpha value is -0.730. The highest BCUT2D eigenvalue weighted by Crippen LogP contribution is 2.39. The van der Waals surface area contributed by atoms with Crippen LogP contribution >= 0.6 is 0 Å². The average Bonchev–Trinajstić information content (AvgIpc) is 2.81. The van der Waals surface area contributed by atoms with Crippen molar-refractivity contribution < 1.29 is 33.6 Å². The van der Waals surface area contributed by atoms with E-state index in [0.717, 1.165) is 0 Å². The Kier molecular flexibility index (Phi) is 3.11. The third-order valence-electron chi connectivity index (χ3n) is 3.69. The number of fused-ring (bicyclic) bond motifs is 1. The maximum absolute atomic E-state index is 11.6. The fraction of sp³-hybridized carbons (Fsp3) is 0.923. The molecule has 20 heavy (non-hydrogen) atoms. The number of ether oxygens (including phenoxy) is 5. The highest BCUT2D eigenvalue weighted by Gasteiger charge is 2.58. The standard InChI is InChI=1S/C13H20O7/c1-12(2)16-5-6(18-12)8-10-9(7(14)11(15)17-10)20-13(3,4)19-8/h6-10,14H,5H2,1-4H3/t6?,7-,8?,9+,10-/m1/s1. The average molecular weight is 288 g/mol. The Morgan fingerprint density at radius 2 is 1.65 bits per heavy atom. The maximum Gasteiger partial charge on any atom is 0.338 e. The van der Waals surface area contributed by atoms with E-state index in [1.807, 2.05) is 13.8 Å². The summed E-state index contributed by atoms with van der Waals surface area (Å²) in [5, 5.41) is 9.86. The van der Waals surface area contributed by atoms with E-state index in [2.05, 4.69) is 0 Å². The van der Waals surface area contributed by atoms with Crippen LogP contribution in [0.1, 0.15) is 27.7 Å². The molecule has 3 rings (SSSR count). The number of rotatable bonds is 1. The highest BCUT2D eigenvalue weighted by atomic mass is 16.8. The predicted molar refractivity (Wildman–Crippen MR) is 64.6 cm³/mol. The topological polar surface area (TPSA) is 83.5 Å². The van der Waals surface area contributed by atoms with Crippen molar-refractivity contribution in [2.75, 3.05) is 6.61 Å². The van der Waals surface area contributed by atoms with E-state index in [1.54, 1.807) is 13.8 Å². The Morgan fingerprint density at radius 1 is 1.00 bits per heavy atom. The van der Waals surface area contributed by atoms with Gasteiger partial charge in [0.2, 0.25) is 0 Å². The van der Waals surface area contributed by atoms with Crippen LogP contribution in [0.25, 0.3) is 0 Å². The molecule has 114 valence electrons. The zero-order chi connectivity index (χ0) is 14.7. The molecule has 3 fully saturated rings. The largest absolute Gasteiger partial charge is 0.455 e. The summed E-state index contributed by atoms with van der Waals surface area (Å²) in [6.45, 7) is 7.42. The number of hydrogen-bond acceptors (Lipinski definition) is 7. The van der Waals surface area contributed by atoms with E-state index in [4.69, 9.17) is 23.7 Å². The molecule has 5 atom stereocenters. The van der Waals surface area contributed by atoms with Crippen LogP contribution in [0, 0.1) is 0 Å². The predicted octanol–water partition coefficient (Wildman–Crippen LogP) is -0.0557. The molecule has 0 aliphatic carbocycles. The normalized spacial score (nSPS) is 46.0. The lowest BCUT2D eigenvalue weighted by atomic mass is 9.99. The second-order valence-corrected chi connectivity index (χ2v) is 6.28. The van der Waals surface area contributed by atoms with Gasteiger partial charge in [-0.2, -0.15) is 0 Å². The summed E-state index contributed by atoms with van der Waals surface area (Å²) in [7, 11) is 0. The van der Waals surface area contributed by atoms with Gasteiger partial charge in [0.05, 0.1) is 6.61 Å². The Balaban J connectivity index is 1.84. The van der Waals surface area contributed by atoms with E-state index in [9.17, 15) is 9.90 Å². The van der Waals surface area contributed by atoms with Gasteiger partial charge in [0, 0.05) is 0 Å². The molecule has 0 bridgehead atoms. The molecular weight excluding hydrogens is 268 g/mol. The van der Waals surface area contributed by atoms with E-state index in [1.165, 1.54) is 0 Å². The molecule has 3 saturated heterocycles. The van der Waals surface area contributed by atoms with Gasteiger partial charge in [-0.25, -0.2) is 4.79 Å². The fourth-order valence-corrected chi connectivity index (χ4v) is 2.89. The number of carbonyl (C=O) groups is 1. The van der Waals surface area contributed by atoms with Gasteiger partial charge >= 0.3 is 5.97 Å². The number of carbonyl (C=O) groups excluding carboxylic acids is 1. The van der Waals surface area contributed by atoms with E-state index >= 15 is 0 Å². The first-order chi connectivity index (χ1) is 9.19. The van der Waals surface area contributed by atoms with Crippen molar-refractivity contribution in [3.05, 3.63) is 0 Å². The van der Waals surface area contributed by atoms with Gasteiger partial charge < -0.3 is 28.8 Å². The molecule has 7 heteroatoms. The molecule has 3 aliphatic rings. The van der Waals surface area contributed by atoms with Crippen LogP contribution in [0.15, 0.2) is 0 Å². The second kappa shape index (κ2) is 4.38. The van der Waals surface area contributed by atoms with E-state index in [0.29, 0.717) is 6.61 Å². The van der Waals surface area contributed by atoms with E-state index < -0.39 is 42.0 Å². The summed E-state index contributed by atoms with van der Waals surface area (Å²) < 4.78 is 28.0. The van der Waals surface area contributed by atoms with Crippen molar-refractivity contribution in [1.29, 1.82) is 0 Å². The second-order valence-electron chi connectivity index (χ2n) is 6.28. The summed E-state index contributed by atoms with van der Waals surface area (Å²) in [5.41, 5.74) is 0. The molecular formula is C13H20O7. The van der Waals surface area contributed by atoms with Crippen LogP contribution in [0.3, 0.4) is 0 Å². The molecule has 0 spiro atoms. The maximum atomic E-state index is 11.6. The summed E-state index contributed by atoms with van der Waals surface area (Å²) >= 11 is 0. The van der Waals surface area contributed by atoms with Gasteiger partial charge in [0.15, 0.2) is 23.8 Å². The Morgan fingerprint density at radius 3 is 2.25 bits per heavy atom. The Labute approximate surface area is 117 Å². The molecule has 0 saturated carbocycles. The lowest BCUT2D eigenvalue weighted by molar-refractivity contribution is -0.342. The Bertz CT molecular complexity index is 419. The van der Waals surface area contributed by atoms with Crippen LogP contribution in [0.4, 0.5) is 0 Å². The molecule has 0 aromatic carbocycles. The molecule has 3 heterocycles. The quantitative estimate of drug-likeness (QED) is 0.677. The first kappa shape index (κ1) is 14.2. The minimum atomic E-state index is -1.29. The SMILES string of the molecule is CC1(C)OCC(C2OC(C)(C)O[C@@H]3[C@@H]2OC(=O)[C@@H]3O)O1. The van der Waals surface area contributed by atoms with Gasteiger partial charge in [-0.3, -0.25) is 0 Å². The van der Waals surface area contributed by atoms with Crippen molar-refractivity contribution >= 4 is 5.97 Å². The van der Waals surface area contributed by atoms with Crippen molar-refractivity contribution in [1.82, 2.24) is 0 Å². The number of esters is 1. The van der Waals surface area contributed by atoms with Crippen LogP contribution < -0.4 is 0 Å². The first-order valence-corrected chi connectivity index (χ1v) is 6.74. The molecule has 3 aliphatic heterocycles.